The van der Waals surface area contributed by atoms with E-state index in [1.165, 1.54) is 22.5 Å². The molecule has 1 aliphatic heterocycles. The number of ether oxygens (including phenoxy) is 1. The average molecular weight is 428 g/mol. The van der Waals surface area contributed by atoms with Crippen LogP contribution in [0.1, 0.15) is 24.2 Å². The molecule has 156 valence electrons. The second-order valence-corrected chi connectivity index (χ2v) is 8.72. The van der Waals surface area contributed by atoms with E-state index in [9.17, 15) is 26.4 Å². The Labute approximate surface area is 166 Å². The molecule has 0 aromatic heterocycles. The number of nitrogens with zero attached hydrogens (tertiary/aromatic N) is 1. The highest BCUT2D eigenvalue weighted by Gasteiger charge is 2.32. The number of benzene rings is 2. The van der Waals surface area contributed by atoms with E-state index in [4.69, 9.17) is 4.74 Å². The van der Waals surface area contributed by atoms with Crippen molar-refractivity contribution in [3.05, 3.63) is 59.4 Å². The minimum absolute atomic E-state index is 0.0791. The molecule has 1 fully saturated rings. The highest BCUT2D eigenvalue weighted by molar-refractivity contribution is 7.89. The molecule has 2 unspecified atom stereocenters. The third kappa shape index (κ3) is 4.44. The van der Waals surface area contributed by atoms with Crippen LogP contribution in [0.3, 0.4) is 0 Å². The van der Waals surface area contributed by atoms with Gasteiger partial charge in [-0.1, -0.05) is 6.07 Å². The lowest BCUT2D eigenvalue weighted by atomic mass is 10.2. The molecule has 10 heteroatoms. The van der Waals surface area contributed by atoms with Gasteiger partial charge in [0, 0.05) is 18.7 Å². The molecule has 6 nitrogen and oxygen atoms in total. The quantitative estimate of drug-likeness (QED) is 0.760. The zero-order valence-corrected chi connectivity index (χ0v) is 16.5. The Morgan fingerprint density at radius 1 is 1.07 bits per heavy atom. The number of rotatable bonds is 4. The molecule has 1 saturated heterocycles. The molecular weight excluding hydrogens is 409 g/mol. The lowest BCUT2D eigenvalue weighted by molar-refractivity contribution is -0.0440. The van der Waals surface area contributed by atoms with Crippen molar-refractivity contribution in [3.8, 4) is 0 Å². The van der Waals surface area contributed by atoms with E-state index in [1.54, 1.807) is 13.8 Å². The molecule has 0 saturated carbocycles. The standard InChI is InChI=1S/C19H19F3N2O4S/c1-11-9-24(10-12(2)28-11)29(26,27)14-5-3-4-13(8-14)19(25)23-16-7-6-15(20)17(21)18(16)22/h3-8,11-12H,9-10H2,1-2H3,(H,23,25). The van der Waals surface area contributed by atoms with Gasteiger partial charge in [0.15, 0.2) is 17.5 Å². The predicted molar refractivity (Wildman–Crippen MR) is 99.5 cm³/mol. The van der Waals surface area contributed by atoms with Crippen LogP contribution in [0.25, 0.3) is 0 Å². The van der Waals surface area contributed by atoms with Crippen LogP contribution in [-0.4, -0.2) is 43.9 Å². The van der Waals surface area contributed by atoms with E-state index in [0.717, 1.165) is 12.1 Å². The Bertz CT molecular complexity index is 1040. The topological polar surface area (TPSA) is 75.7 Å². The Balaban J connectivity index is 1.85. The minimum Gasteiger partial charge on any atom is -0.373 e. The summed E-state index contributed by atoms with van der Waals surface area (Å²) in [4.78, 5) is 12.3. The van der Waals surface area contributed by atoms with Gasteiger partial charge in [-0.05, 0) is 44.2 Å². The number of amides is 1. The summed E-state index contributed by atoms with van der Waals surface area (Å²) < 4.78 is 72.8. The zero-order chi connectivity index (χ0) is 21.3. The van der Waals surface area contributed by atoms with Gasteiger partial charge in [0.25, 0.3) is 5.91 Å². The number of nitrogens with one attached hydrogen (secondary N) is 1. The van der Waals surface area contributed by atoms with Crippen molar-refractivity contribution >= 4 is 21.6 Å². The third-order valence-corrected chi connectivity index (χ3v) is 6.23. The van der Waals surface area contributed by atoms with Gasteiger partial charge in [-0.2, -0.15) is 4.31 Å². The van der Waals surface area contributed by atoms with Crippen molar-refractivity contribution in [2.75, 3.05) is 18.4 Å². The fourth-order valence-electron chi connectivity index (χ4n) is 3.09. The lowest BCUT2D eigenvalue weighted by Crippen LogP contribution is -2.48. The van der Waals surface area contributed by atoms with Gasteiger partial charge in [0.2, 0.25) is 10.0 Å². The number of halogens is 3. The van der Waals surface area contributed by atoms with Crippen LogP contribution < -0.4 is 5.32 Å². The van der Waals surface area contributed by atoms with Gasteiger partial charge in [-0.15, -0.1) is 0 Å². The van der Waals surface area contributed by atoms with Crippen LogP contribution in [0.4, 0.5) is 18.9 Å². The summed E-state index contributed by atoms with van der Waals surface area (Å²) in [5.74, 6) is -5.51. The smallest absolute Gasteiger partial charge is 0.255 e. The van der Waals surface area contributed by atoms with Crippen molar-refractivity contribution in [1.82, 2.24) is 4.31 Å². The molecule has 2 atom stereocenters. The minimum atomic E-state index is -3.89. The Kier molecular flexibility index (Phi) is 5.97. The van der Waals surface area contributed by atoms with Crippen molar-refractivity contribution in [1.29, 1.82) is 0 Å². The van der Waals surface area contributed by atoms with Crippen LogP contribution >= 0.6 is 0 Å². The van der Waals surface area contributed by atoms with Gasteiger partial charge in [-0.25, -0.2) is 21.6 Å². The summed E-state index contributed by atoms with van der Waals surface area (Å²) in [7, 11) is -3.89. The molecule has 29 heavy (non-hydrogen) atoms. The number of carbonyl (C=O) groups excluding carboxylic acids is 1. The second-order valence-electron chi connectivity index (χ2n) is 6.78. The maximum atomic E-state index is 13.8. The summed E-state index contributed by atoms with van der Waals surface area (Å²) in [5, 5.41) is 2.12. The third-order valence-electron chi connectivity index (χ3n) is 4.40. The molecule has 0 aliphatic carbocycles. The van der Waals surface area contributed by atoms with Crippen LogP contribution in [0, 0.1) is 17.5 Å². The Hall–Kier alpha value is -2.43. The van der Waals surface area contributed by atoms with Crippen molar-refractivity contribution in [2.24, 2.45) is 0 Å². The lowest BCUT2D eigenvalue weighted by Gasteiger charge is -2.34. The fourth-order valence-corrected chi connectivity index (χ4v) is 4.73. The molecule has 0 bridgehead atoms. The van der Waals surface area contributed by atoms with E-state index in [1.807, 2.05) is 0 Å². The Morgan fingerprint density at radius 3 is 2.38 bits per heavy atom. The number of carbonyl (C=O) groups is 1. The molecule has 2 aromatic rings. The van der Waals surface area contributed by atoms with Crippen LogP contribution in [0.5, 0.6) is 0 Å². The molecule has 2 aromatic carbocycles. The highest BCUT2D eigenvalue weighted by atomic mass is 32.2. The number of hydrogen-bond donors (Lipinski definition) is 1. The number of hydrogen-bond acceptors (Lipinski definition) is 4. The maximum absolute atomic E-state index is 13.8. The van der Waals surface area contributed by atoms with Crippen LogP contribution in [-0.2, 0) is 14.8 Å². The summed E-state index contributed by atoms with van der Waals surface area (Å²) in [6, 6.07) is 6.74. The fraction of sp³-hybridized carbons (Fsp3) is 0.316. The van der Waals surface area contributed by atoms with Gasteiger partial charge in [0.05, 0.1) is 22.8 Å². The van der Waals surface area contributed by atoms with Crippen molar-refractivity contribution in [3.63, 3.8) is 0 Å². The molecule has 0 radical (unpaired) electrons. The first kappa shape index (κ1) is 21.3. The molecular formula is C19H19F3N2O4S. The molecule has 1 N–H and O–H groups in total. The Morgan fingerprint density at radius 2 is 1.72 bits per heavy atom. The molecule has 1 heterocycles. The van der Waals surface area contributed by atoms with Crippen molar-refractivity contribution in [2.45, 2.75) is 31.0 Å². The molecule has 0 spiro atoms. The van der Waals surface area contributed by atoms with Gasteiger partial charge in [-0.3, -0.25) is 4.79 Å². The average Bonchev–Trinajstić information content (AvgIpc) is 2.67. The first-order valence-corrected chi connectivity index (χ1v) is 10.2. The maximum Gasteiger partial charge on any atom is 0.255 e. The van der Waals surface area contributed by atoms with E-state index in [-0.39, 0.29) is 35.8 Å². The largest absolute Gasteiger partial charge is 0.373 e. The van der Waals surface area contributed by atoms with Gasteiger partial charge >= 0.3 is 0 Å². The molecule has 1 amide bonds. The van der Waals surface area contributed by atoms with Crippen LogP contribution in [0.2, 0.25) is 0 Å². The number of morpholine rings is 1. The monoisotopic (exact) mass is 428 g/mol. The summed E-state index contributed by atoms with van der Waals surface area (Å²) >= 11 is 0. The van der Waals surface area contributed by atoms with E-state index < -0.39 is 39.1 Å². The van der Waals surface area contributed by atoms with Crippen LogP contribution in [0.15, 0.2) is 41.3 Å². The first-order chi connectivity index (χ1) is 13.6. The van der Waals surface area contributed by atoms with E-state index >= 15 is 0 Å². The molecule has 3 rings (SSSR count). The number of anilines is 1. The molecule has 1 aliphatic rings. The van der Waals surface area contributed by atoms with E-state index in [0.29, 0.717) is 6.07 Å². The SMILES string of the molecule is CC1CN(S(=O)(=O)c2cccc(C(=O)Nc3ccc(F)c(F)c3F)c2)CC(C)O1. The van der Waals surface area contributed by atoms with E-state index in [2.05, 4.69) is 5.32 Å². The predicted octanol–water partition coefficient (Wildman–Crippen LogP) is 3.15. The number of sulfonamides is 1. The summed E-state index contributed by atoms with van der Waals surface area (Å²) in [6.07, 6.45) is -0.562. The second kappa shape index (κ2) is 8.13. The summed E-state index contributed by atoms with van der Waals surface area (Å²) in [5.41, 5.74) is -0.637. The normalized spacial score (nSPS) is 20.4. The highest BCUT2D eigenvalue weighted by Crippen LogP contribution is 2.23. The van der Waals surface area contributed by atoms with Crippen molar-refractivity contribution < 1.29 is 31.1 Å². The van der Waals surface area contributed by atoms with Gasteiger partial charge in [0.1, 0.15) is 0 Å². The summed E-state index contributed by atoms with van der Waals surface area (Å²) in [6.45, 7) is 3.86. The van der Waals surface area contributed by atoms with Gasteiger partial charge < -0.3 is 10.1 Å². The first-order valence-electron chi connectivity index (χ1n) is 8.80. The zero-order valence-electron chi connectivity index (χ0n) is 15.7.